The Morgan fingerprint density at radius 3 is 2.43 bits per heavy atom. The zero-order valence-corrected chi connectivity index (χ0v) is 16.8. The van der Waals surface area contributed by atoms with Gasteiger partial charge in [0, 0.05) is 24.9 Å². The van der Waals surface area contributed by atoms with Gasteiger partial charge in [0.2, 0.25) is 5.91 Å². The van der Waals surface area contributed by atoms with Gasteiger partial charge in [-0.25, -0.2) is 4.39 Å². The van der Waals surface area contributed by atoms with Crippen LogP contribution in [0.1, 0.15) is 47.7 Å². The summed E-state index contributed by atoms with van der Waals surface area (Å²) in [4.78, 5) is 19.5. The molecular weight excluding hydrogens is 379 g/mol. The van der Waals surface area contributed by atoms with Crippen molar-refractivity contribution in [2.45, 2.75) is 38.1 Å². The molecule has 30 heavy (non-hydrogen) atoms. The number of hydrogen-bond donors (Lipinski definition) is 1. The highest BCUT2D eigenvalue weighted by Gasteiger charge is 2.28. The number of carbonyl (C=O) groups is 1. The van der Waals surface area contributed by atoms with Gasteiger partial charge in [0.15, 0.2) is 0 Å². The normalized spacial score (nSPS) is 16.4. The van der Waals surface area contributed by atoms with Gasteiger partial charge in [-0.05, 0) is 66.3 Å². The zero-order valence-electron chi connectivity index (χ0n) is 16.8. The Hall–Kier alpha value is -3.21. The number of phenolic OH excluding ortho intramolecular Hbond substituents is 1. The van der Waals surface area contributed by atoms with Crippen molar-refractivity contribution in [3.63, 3.8) is 0 Å². The Bertz CT molecular complexity index is 985. The monoisotopic (exact) mass is 404 g/mol. The van der Waals surface area contributed by atoms with Crippen molar-refractivity contribution in [2.24, 2.45) is 0 Å². The summed E-state index contributed by atoms with van der Waals surface area (Å²) in [5.74, 6) is 0.0612. The molecule has 0 unspecified atom stereocenters. The van der Waals surface area contributed by atoms with E-state index >= 15 is 0 Å². The SMILES string of the molecule is O=C(Cc1ccc(O)cc1)N1CCCC[C@@H]1c1ccc(Cc2ccc(F)cc2)nc1. The van der Waals surface area contributed by atoms with E-state index in [0.717, 1.165) is 48.2 Å². The van der Waals surface area contributed by atoms with Gasteiger partial charge in [-0.15, -0.1) is 0 Å². The van der Waals surface area contributed by atoms with Gasteiger partial charge in [0.05, 0.1) is 12.5 Å². The number of amides is 1. The van der Waals surface area contributed by atoms with E-state index in [-0.39, 0.29) is 23.5 Å². The summed E-state index contributed by atoms with van der Waals surface area (Å²) < 4.78 is 13.1. The van der Waals surface area contributed by atoms with E-state index in [9.17, 15) is 14.3 Å². The van der Waals surface area contributed by atoms with E-state index in [1.54, 1.807) is 36.4 Å². The van der Waals surface area contributed by atoms with E-state index in [0.29, 0.717) is 12.8 Å². The van der Waals surface area contributed by atoms with Crippen LogP contribution in [0.3, 0.4) is 0 Å². The van der Waals surface area contributed by atoms with Crippen molar-refractivity contribution in [2.75, 3.05) is 6.54 Å². The fourth-order valence-electron chi connectivity index (χ4n) is 4.02. The number of pyridine rings is 1. The second kappa shape index (κ2) is 9.08. The molecule has 1 atom stereocenters. The summed E-state index contributed by atoms with van der Waals surface area (Å²) in [6.45, 7) is 0.749. The molecule has 2 heterocycles. The van der Waals surface area contributed by atoms with E-state index < -0.39 is 0 Å². The van der Waals surface area contributed by atoms with E-state index in [1.807, 2.05) is 17.2 Å². The van der Waals surface area contributed by atoms with Crippen molar-refractivity contribution < 1.29 is 14.3 Å². The molecule has 1 aliphatic rings. The van der Waals surface area contributed by atoms with Crippen LogP contribution in [0.5, 0.6) is 5.75 Å². The number of hydrogen-bond acceptors (Lipinski definition) is 3. The number of rotatable bonds is 5. The maximum absolute atomic E-state index is 13.1. The first kappa shape index (κ1) is 20.1. The molecule has 2 aromatic carbocycles. The Balaban J connectivity index is 1.45. The number of carbonyl (C=O) groups excluding carboxylic acids is 1. The molecule has 0 radical (unpaired) electrons. The predicted molar refractivity (Wildman–Crippen MR) is 114 cm³/mol. The third kappa shape index (κ3) is 4.85. The first-order valence-electron chi connectivity index (χ1n) is 10.3. The van der Waals surface area contributed by atoms with Crippen LogP contribution in [-0.2, 0) is 17.6 Å². The fourth-order valence-corrected chi connectivity index (χ4v) is 4.02. The third-order valence-electron chi connectivity index (χ3n) is 5.65. The lowest BCUT2D eigenvalue weighted by atomic mass is 9.95. The maximum Gasteiger partial charge on any atom is 0.227 e. The molecule has 4 nitrogen and oxygen atoms in total. The number of likely N-dealkylation sites (tertiary alicyclic amines) is 1. The summed E-state index contributed by atoms with van der Waals surface area (Å²) in [5.41, 5.74) is 3.88. The molecular formula is C25H25FN2O2. The van der Waals surface area contributed by atoms with Gasteiger partial charge in [-0.3, -0.25) is 9.78 Å². The molecule has 154 valence electrons. The molecule has 4 rings (SSSR count). The van der Waals surface area contributed by atoms with Crippen molar-refractivity contribution in [1.82, 2.24) is 9.88 Å². The molecule has 1 aliphatic heterocycles. The van der Waals surface area contributed by atoms with Crippen LogP contribution in [0.25, 0.3) is 0 Å². The van der Waals surface area contributed by atoms with Gasteiger partial charge in [-0.2, -0.15) is 0 Å². The molecule has 1 aromatic heterocycles. The fraction of sp³-hybridized carbons (Fsp3) is 0.280. The van der Waals surface area contributed by atoms with Crippen molar-refractivity contribution in [3.05, 3.63) is 95.1 Å². The summed E-state index contributed by atoms with van der Waals surface area (Å²) in [7, 11) is 0. The predicted octanol–water partition coefficient (Wildman–Crippen LogP) is 4.81. The largest absolute Gasteiger partial charge is 0.508 e. The maximum atomic E-state index is 13.1. The number of aromatic hydroxyl groups is 1. The van der Waals surface area contributed by atoms with Crippen LogP contribution >= 0.6 is 0 Å². The highest BCUT2D eigenvalue weighted by Crippen LogP contribution is 2.31. The first-order valence-corrected chi connectivity index (χ1v) is 10.3. The molecule has 1 fully saturated rings. The topological polar surface area (TPSA) is 53.4 Å². The lowest BCUT2D eigenvalue weighted by Gasteiger charge is -2.36. The number of phenols is 1. The minimum atomic E-state index is -0.239. The molecule has 3 aromatic rings. The number of benzene rings is 2. The Labute approximate surface area is 176 Å². The van der Waals surface area contributed by atoms with Crippen LogP contribution in [-0.4, -0.2) is 27.4 Å². The second-order valence-corrected chi connectivity index (χ2v) is 7.83. The molecule has 0 saturated carbocycles. The van der Waals surface area contributed by atoms with Gasteiger partial charge in [-0.1, -0.05) is 30.3 Å². The molecule has 5 heteroatoms. The highest BCUT2D eigenvalue weighted by molar-refractivity contribution is 5.79. The molecule has 1 saturated heterocycles. The Morgan fingerprint density at radius 1 is 1.00 bits per heavy atom. The lowest BCUT2D eigenvalue weighted by Crippen LogP contribution is -2.39. The third-order valence-corrected chi connectivity index (χ3v) is 5.65. The van der Waals surface area contributed by atoms with Crippen LogP contribution in [0, 0.1) is 5.82 Å². The number of aromatic nitrogens is 1. The molecule has 0 spiro atoms. The number of piperidine rings is 1. The van der Waals surface area contributed by atoms with Crippen molar-refractivity contribution >= 4 is 5.91 Å². The summed E-state index contributed by atoms with van der Waals surface area (Å²) in [5, 5.41) is 9.44. The molecule has 1 N–H and O–H groups in total. The summed E-state index contributed by atoms with van der Waals surface area (Å²) >= 11 is 0. The average Bonchev–Trinajstić information content (AvgIpc) is 2.77. The van der Waals surface area contributed by atoms with Gasteiger partial charge in [0.1, 0.15) is 11.6 Å². The molecule has 0 aliphatic carbocycles. The van der Waals surface area contributed by atoms with E-state index in [2.05, 4.69) is 11.1 Å². The van der Waals surface area contributed by atoms with Crippen molar-refractivity contribution in [3.8, 4) is 5.75 Å². The van der Waals surface area contributed by atoms with Gasteiger partial charge in [0.25, 0.3) is 0 Å². The Kier molecular flexibility index (Phi) is 6.07. The Morgan fingerprint density at radius 2 is 1.73 bits per heavy atom. The minimum Gasteiger partial charge on any atom is -0.508 e. The van der Waals surface area contributed by atoms with Crippen LogP contribution in [0.4, 0.5) is 4.39 Å². The van der Waals surface area contributed by atoms with Crippen molar-refractivity contribution in [1.29, 1.82) is 0 Å². The van der Waals surface area contributed by atoms with E-state index in [4.69, 9.17) is 0 Å². The van der Waals surface area contributed by atoms with Crippen LogP contribution in [0.15, 0.2) is 66.9 Å². The van der Waals surface area contributed by atoms with E-state index in [1.165, 1.54) is 12.1 Å². The van der Waals surface area contributed by atoms with Crippen LogP contribution < -0.4 is 0 Å². The lowest BCUT2D eigenvalue weighted by molar-refractivity contribution is -0.134. The number of halogens is 1. The smallest absolute Gasteiger partial charge is 0.227 e. The zero-order chi connectivity index (χ0) is 20.9. The summed E-state index contributed by atoms with van der Waals surface area (Å²) in [6, 6.07) is 17.4. The number of nitrogens with zero attached hydrogens (tertiary/aromatic N) is 2. The van der Waals surface area contributed by atoms with Gasteiger partial charge < -0.3 is 10.0 Å². The first-order chi connectivity index (χ1) is 14.6. The molecule has 1 amide bonds. The quantitative estimate of drug-likeness (QED) is 0.664. The highest BCUT2D eigenvalue weighted by atomic mass is 19.1. The van der Waals surface area contributed by atoms with Gasteiger partial charge >= 0.3 is 0 Å². The van der Waals surface area contributed by atoms with Crippen LogP contribution in [0.2, 0.25) is 0 Å². The summed E-state index contributed by atoms with van der Waals surface area (Å²) in [6.07, 6.45) is 5.87. The standard InChI is InChI=1S/C25H25FN2O2/c26-21-9-4-18(5-10-21)15-22-11-8-20(17-27-22)24-3-1-2-14-28(24)25(30)16-19-6-12-23(29)13-7-19/h4-13,17,24,29H,1-3,14-16H2/t24-/m1/s1. The second-order valence-electron chi connectivity index (χ2n) is 7.83. The minimum absolute atomic E-state index is 0.0377. The molecule has 0 bridgehead atoms. The average molecular weight is 404 g/mol.